The van der Waals surface area contributed by atoms with Gasteiger partial charge in [-0.05, 0) is 55.0 Å². The van der Waals surface area contributed by atoms with Crippen molar-refractivity contribution in [3.05, 3.63) is 89.5 Å². The van der Waals surface area contributed by atoms with E-state index in [1.165, 1.54) is 0 Å². The van der Waals surface area contributed by atoms with E-state index in [4.69, 9.17) is 0 Å². The number of hydrogen-bond acceptors (Lipinski definition) is 3. The third-order valence-electron chi connectivity index (χ3n) is 4.70. The zero-order chi connectivity index (χ0) is 22.4. The van der Waals surface area contributed by atoms with Crippen molar-refractivity contribution in [2.24, 2.45) is 5.92 Å². The Labute approximate surface area is 181 Å². The van der Waals surface area contributed by atoms with Crippen LogP contribution in [0.3, 0.4) is 0 Å². The van der Waals surface area contributed by atoms with Crippen molar-refractivity contribution in [3.63, 3.8) is 0 Å². The average Bonchev–Trinajstić information content (AvgIpc) is 2.76. The van der Waals surface area contributed by atoms with Crippen LogP contribution in [-0.4, -0.2) is 17.7 Å². The molecule has 0 atom stereocenters. The smallest absolute Gasteiger partial charge is 0.255 e. The lowest BCUT2D eigenvalue weighted by Crippen LogP contribution is -2.18. The van der Waals surface area contributed by atoms with Gasteiger partial charge in [-0.1, -0.05) is 44.2 Å². The molecule has 0 aliphatic heterocycles. The zero-order valence-corrected chi connectivity index (χ0v) is 17.7. The fraction of sp³-hybridized carbons (Fsp3) is 0.160. The molecule has 31 heavy (non-hydrogen) atoms. The minimum absolute atomic E-state index is 0.0965. The van der Waals surface area contributed by atoms with Crippen LogP contribution in [0.1, 0.15) is 40.1 Å². The molecule has 0 aromatic heterocycles. The molecule has 0 aliphatic carbocycles. The summed E-state index contributed by atoms with van der Waals surface area (Å²) in [7, 11) is 0. The Morgan fingerprint density at radius 3 is 2.00 bits per heavy atom. The summed E-state index contributed by atoms with van der Waals surface area (Å²) in [5.74, 6) is -0.798. The quantitative estimate of drug-likeness (QED) is 0.524. The fourth-order valence-electron chi connectivity index (χ4n) is 2.85. The minimum atomic E-state index is -0.317. The number of carbonyl (C=O) groups excluding carboxylic acids is 3. The van der Waals surface area contributed by atoms with Gasteiger partial charge in [0.15, 0.2) is 0 Å². The van der Waals surface area contributed by atoms with Gasteiger partial charge in [0.2, 0.25) is 5.91 Å². The summed E-state index contributed by atoms with van der Waals surface area (Å²) in [5, 5.41) is 8.50. The van der Waals surface area contributed by atoms with Gasteiger partial charge in [-0.3, -0.25) is 14.4 Å². The number of anilines is 3. The summed E-state index contributed by atoms with van der Waals surface area (Å²) in [6.45, 7) is 5.49. The maximum absolute atomic E-state index is 12.8. The Morgan fingerprint density at radius 2 is 1.32 bits per heavy atom. The second-order valence-electron chi connectivity index (χ2n) is 7.53. The summed E-state index contributed by atoms with van der Waals surface area (Å²) in [6.07, 6.45) is 0. The maximum atomic E-state index is 12.8. The second kappa shape index (κ2) is 9.71. The van der Waals surface area contributed by atoms with Crippen molar-refractivity contribution in [2.45, 2.75) is 20.8 Å². The number of hydrogen-bond donors (Lipinski definition) is 3. The Hall–Kier alpha value is -3.93. The summed E-state index contributed by atoms with van der Waals surface area (Å²) < 4.78 is 0. The molecule has 0 radical (unpaired) electrons. The van der Waals surface area contributed by atoms with Gasteiger partial charge >= 0.3 is 0 Å². The Bertz CT molecular complexity index is 1110. The standard InChI is InChI=1S/C25H25N3O3/c1-16(2)23(29)26-20-10-7-11-21(15-20)27-25(31)19-13-12-17(3)22(14-19)28-24(30)18-8-5-4-6-9-18/h4-16H,1-3H3,(H,26,29)(H,27,31)(H,28,30). The van der Waals surface area contributed by atoms with Crippen molar-refractivity contribution >= 4 is 34.8 Å². The van der Waals surface area contributed by atoms with E-state index in [0.717, 1.165) is 5.56 Å². The van der Waals surface area contributed by atoms with Crippen LogP contribution in [0, 0.1) is 12.8 Å². The van der Waals surface area contributed by atoms with Crippen molar-refractivity contribution in [2.75, 3.05) is 16.0 Å². The van der Waals surface area contributed by atoms with Crippen molar-refractivity contribution in [1.82, 2.24) is 0 Å². The van der Waals surface area contributed by atoms with E-state index < -0.39 is 0 Å². The summed E-state index contributed by atoms with van der Waals surface area (Å²) in [4.78, 5) is 37.1. The molecule has 6 nitrogen and oxygen atoms in total. The highest BCUT2D eigenvalue weighted by Gasteiger charge is 2.13. The third-order valence-corrected chi connectivity index (χ3v) is 4.70. The van der Waals surface area contributed by atoms with E-state index in [-0.39, 0.29) is 23.6 Å². The number of amides is 3. The van der Waals surface area contributed by atoms with Crippen LogP contribution in [0.4, 0.5) is 17.1 Å². The van der Waals surface area contributed by atoms with Crippen LogP contribution in [0.2, 0.25) is 0 Å². The normalized spacial score (nSPS) is 10.5. The predicted molar refractivity (Wildman–Crippen MR) is 123 cm³/mol. The lowest BCUT2D eigenvalue weighted by atomic mass is 10.1. The first kappa shape index (κ1) is 21.8. The monoisotopic (exact) mass is 415 g/mol. The second-order valence-corrected chi connectivity index (χ2v) is 7.53. The first-order valence-electron chi connectivity index (χ1n) is 10.0. The molecule has 0 bridgehead atoms. The largest absolute Gasteiger partial charge is 0.326 e. The minimum Gasteiger partial charge on any atom is -0.326 e. The number of carbonyl (C=O) groups is 3. The van der Waals surface area contributed by atoms with E-state index in [0.29, 0.717) is 28.2 Å². The SMILES string of the molecule is Cc1ccc(C(=O)Nc2cccc(NC(=O)C(C)C)c2)cc1NC(=O)c1ccccc1. The third kappa shape index (κ3) is 5.79. The van der Waals surface area contributed by atoms with Gasteiger partial charge < -0.3 is 16.0 Å². The molecular weight excluding hydrogens is 390 g/mol. The topological polar surface area (TPSA) is 87.3 Å². The molecule has 6 heteroatoms. The number of benzene rings is 3. The molecule has 0 saturated carbocycles. The van der Waals surface area contributed by atoms with E-state index >= 15 is 0 Å². The van der Waals surface area contributed by atoms with Crippen LogP contribution < -0.4 is 16.0 Å². The summed E-state index contributed by atoms with van der Waals surface area (Å²) in [6, 6.07) is 21.0. The first-order valence-corrected chi connectivity index (χ1v) is 10.0. The molecule has 158 valence electrons. The van der Waals surface area contributed by atoms with Crippen molar-refractivity contribution in [1.29, 1.82) is 0 Å². The van der Waals surface area contributed by atoms with E-state index in [1.54, 1.807) is 66.7 Å². The number of aryl methyl sites for hydroxylation is 1. The van der Waals surface area contributed by atoms with E-state index in [2.05, 4.69) is 16.0 Å². The van der Waals surface area contributed by atoms with Gasteiger partial charge in [-0.25, -0.2) is 0 Å². The van der Waals surface area contributed by atoms with Crippen molar-refractivity contribution in [3.8, 4) is 0 Å². The molecule has 0 unspecified atom stereocenters. The maximum Gasteiger partial charge on any atom is 0.255 e. The van der Waals surface area contributed by atoms with Crippen LogP contribution >= 0.6 is 0 Å². The van der Waals surface area contributed by atoms with Gasteiger partial charge in [0.25, 0.3) is 11.8 Å². The number of nitrogens with one attached hydrogen (secondary N) is 3. The number of rotatable bonds is 6. The molecular formula is C25H25N3O3. The highest BCUT2D eigenvalue weighted by Crippen LogP contribution is 2.21. The van der Waals surface area contributed by atoms with Crippen LogP contribution in [0.15, 0.2) is 72.8 Å². The highest BCUT2D eigenvalue weighted by atomic mass is 16.2. The highest BCUT2D eigenvalue weighted by molar-refractivity contribution is 6.08. The van der Waals surface area contributed by atoms with Gasteiger partial charge in [0.05, 0.1) is 0 Å². The lowest BCUT2D eigenvalue weighted by molar-refractivity contribution is -0.118. The Kier molecular flexibility index (Phi) is 6.82. The molecule has 0 heterocycles. The molecule has 0 fully saturated rings. The van der Waals surface area contributed by atoms with Crippen LogP contribution in [-0.2, 0) is 4.79 Å². The van der Waals surface area contributed by atoms with Gasteiger partial charge in [-0.2, -0.15) is 0 Å². The average molecular weight is 415 g/mol. The van der Waals surface area contributed by atoms with Gasteiger partial charge in [-0.15, -0.1) is 0 Å². The summed E-state index contributed by atoms with van der Waals surface area (Å²) >= 11 is 0. The molecule has 0 aliphatic rings. The zero-order valence-electron chi connectivity index (χ0n) is 17.7. The van der Waals surface area contributed by atoms with E-state index in [1.807, 2.05) is 26.8 Å². The molecule has 3 aromatic rings. The van der Waals surface area contributed by atoms with Crippen molar-refractivity contribution < 1.29 is 14.4 Å². The molecule has 0 spiro atoms. The summed E-state index contributed by atoms with van der Waals surface area (Å²) in [5.41, 5.74) is 3.53. The van der Waals surface area contributed by atoms with Crippen LogP contribution in [0.25, 0.3) is 0 Å². The van der Waals surface area contributed by atoms with Crippen LogP contribution in [0.5, 0.6) is 0 Å². The molecule has 3 amide bonds. The fourth-order valence-corrected chi connectivity index (χ4v) is 2.85. The Morgan fingerprint density at radius 1 is 0.677 bits per heavy atom. The molecule has 0 saturated heterocycles. The van der Waals surface area contributed by atoms with E-state index in [9.17, 15) is 14.4 Å². The predicted octanol–water partition coefficient (Wildman–Crippen LogP) is 5.09. The lowest BCUT2D eigenvalue weighted by Gasteiger charge is -2.12. The Balaban J connectivity index is 1.73. The molecule has 3 N–H and O–H groups in total. The van der Waals surface area contributed by atoms with Gasteiger partial charge in [0, 0.05) is 34.1 Å². The molecule has 3 aromatic carbocycles. The van der Waals surface area contributed by atoms with Gasteiger partial charge in [0.1, 0.15) is 0 Å². The first-order chi connectivity index (χ1) is 14.8. The molecule has 3 rings (SSSR count).